The number of furan rings is 1. The van der Waals surface area contributed by atoms with Crippen LogP contribution in [-0.4, -0.2) is 11.3 Å². The number of anilines is 6. The Morgan fingerprint density at radius 2 is 1.03 bits per heavy atom. The third-order valence-electron chi connectivity index (χ3n) is 13.9. The molecule has 0 amide bonds. The van der Waals surface area contributed by atoms with E-state index in [0.29, 0.717) is 0 Å². The van der Waals surface area contributed by atoms with E-state index in [1.165, 1.54) is 86.9 Å². The summed E-state index contributed by atoms with van der Waals surface area (Å²) in [5.41, 5.74) is 17.9. The van der Waals surface area contributed by atoms with Crippen LogP contribution >= 0.6 is 11.3 Å². The SMILES string of the molecule is CC(C)(C)c1ccc(N2c3ccc(-n4c5ccccc5c5ccccc54)cc3B3c4sc5c(ccc6oc7ccccc7c65)c4N(c4ccc(C(C)(C)C)cc4)c4cccc2c43)cc1. The Kier molecular flexibility index (Phi) is 7.78. The highest BCUT2D eigenvalue weighted by molar-refractivity contribution is 7.34. The number of rotatable bonds is 3. The van der Waals surface area contributed by atoms with E-state index in [4.69, 9.17) is 4.42 Å². The van der Waals surface area contributed by atoms with Gasteiger partial charge in [0.05, 0.1) is 16.7 Å². The van der Waals surface area contributed by atoms with E-state index in [0.717, 1.165) is 33.6 Å². The number of aromatic nitrogens is 1. The highest BCUT2D eigenvalue weighted by Gasteiger charge is 2.45. The molecule has 0 unspecified atom stereocenters. The van der Waals surface area contributed by atoms with Gasteiger partial charge < -0.3 is 18.8 Å². The van der Waals surface area contributed by atoms with E-state index >= 15 is 0 Å². The molecule has 5 heterocycles. The zero-order valence-corrected chi connectivity index (χ0v) is 37.7. The predicted molar refractivity (Wildman–Crippen MR) is 275 cm³/mol. The number of hydrogen-bond acceptors (Lipinski definition) is 4. The van der Waals surface area contributed by atoms with Crippen LogP contribution in [0.4, 0.5) is 34.1 Å². The first-order valence-corrected chi connectivity index (χ1v) is 23.3. The van der Waals surface area contributed by atoms with Crippen molar-refractivity contribution in [1.29, 1.82) is 0 Å². The number of thiophene rings is 1. The molecule has 308 valence electrons. The van der Waals surface area contributed by atoms with E-state index in [1.807, 2.05) is 11.3 Å². The Bertz CT molecular complexity index is 3660. The first kappa shape index (κ1) is 37.5. The fourth-order valence-corrected chi connectivity index (χ4v) is 12.3. The maximum Gasteiger partial charge on any atom is 0.264 e. The topological polar surface area (TPSA) is 24.6 Å². The minimum absolute atomic E-state index is 0.0342. The van der Waals surface area contributed by atoms with Crippen molar-refractivity contribution in [2.75, 3.05) is 9.80 Å². The zero-order valence-electron chi connectivity index (χ0n) is 36.9. The molecule has 2 aliphatic heterocycles. The average molecular weight is 844 g/mol. The van der Waals surface area contributed by atoms with Gasteiger partial charge in [-0.15, -0.1) is 11.3 Å². The number of fused-ring (bicyclic) bond motifs is 13. The van der Waals surface area contributed by atoms with Gasteiger partial charge in [-0.2, -0.15) is 0 Å². The molecule has 0 aliphatic carbocycles. The molecule has 13 rings (SSSR count). The molecule has 0 N–H and O–H groups in total. The van der Waals surface area contributed by atoms with Crippen molar-refractivity contribution < 1.29 is 4.42 Å². The van der Waals surface area contributed by atoms with Crippen molar-refractivity contribution in [2.24, 2.45) is 0 Å². The molecule has 0 saturated carbocycles. The van der Waals surface area contributed by atoms with Crippen molar-refractivity contribution in [3.8, 4) is 5.69 Å². The molecule has 8 aromatic carbocycles. The molecule has 3 aromatic heterocycles. The van der Waals surface area contributed by atoms with Gasteiger partial charge in [0.2, 0.25) is 0 Å². The smallest absolute Gasteiger partial charge is 0.264 e. The Balaban J connectivity index is 1.14. The van der Waals surface area contributed by atoms with Gasteiger partial charge in [0.15, 0.2) is 0 Å². The molecule has 0 radical (unpaired) electrons. The van der Waals surface area contributed by atoms with Crippen LogP contribution in [-0.2, 0) is 10.8 Å². The van der Waals surface area contributed by atoms with E-state index in [2.05, 4.69) is 226 Å². The Morgan fingerprint density at radius 1 is 0.469 bits per heavy atom. The maximum absolute atomic E-state index is 6.55. The molecular formula is C58H46BN3OS. The molecule has 4 nitrogen and oxygen atoms in total. The molecule has 6 heteroatoms. The van der Waals surface area contributed by atoms with E-state index < -0.39 is 0 Å². The minimum atomic E-state index is -0.0370. The van der Waals surface area contributed by atoms with Crippen LogP contribution in [0.3, 0.4) is 0 Å². The monoisotopic (exact) mass is 843 g/mol. The van der Waals surface area contributed by atoms with Crippen molar-refractivity contribution >= 4 is 122 Å². The summed E-state index contributed by atoms with van der Waals surface area (Å²) in [4.78, 5) is 5.08. The summed E-state index contributed by atoms with van der Waals surface area (Å²) in [6, 6.07) is 63.4. The normalized spacial score (nSPS) is 13.7. The second kappa shape index (κ2) is 13.3. The van der Waals surface area contributed by atoms with Crippen LogP contribution in [0.5, 0.6) is 0 Å². The lowest BCUT2D eigenvalue weighted by atomic mass is 9.36. The molecule has 0 spiro atoms. The quantitative estimate of drug-likeness (QED) is 0.166. The molecule has 0 atom stereocenters. The van der Waals surface area contributed by atoms with E-state index in [1.54, 1.807) is 0 Å². The van der Waals surface area contributed by atoms with Gasteiger partial charge in [-0.25, -0.2) is 0 Å². The maximum atomic E-state index is 6.55. The minimum Gasteiger partial charge on any atom is -0.456 e. The second-order valence-corrected chi connectivity index (χ2v) is 20.8. The summed E-state index contributed by atoms with van der Waals surface area (Å²) >= 11 is 1.94. The highest BCUT2D eigenvalue weighted by atomic mass is 32.1. The second-order valence-electron chi connectivity index (χ2n) is 19.7. The fourth-order valence-electron chi connectivity index (χ4n) is 10.8. The van der Waals surface area contributed by atoms with Gasteiger partial charge in [0.25, 0.3) is 6.71 Å². The molecule has 0 saturated heterocycles. The average Bonchev–Trinajstić information content (AvgIpc) is 3.98. The van der Waals surface area contributed by atoms with Crippen LogP contribution in [0.25, 0.3) is 59.5 Å². The zero-order chi connectivity index (χ0) is 43.2. The van der Waals surface area contributed by atoms with Crippen LogP contribution in [0.2, 0.25) is 0 Å². The van der Waals surface area contributed by atoms with Gasteiger partial charge >= 0.3 is 0 Å². The van der Waals surface area contributed by atoms with Crippen LogP contribution in [0.15, 0.2) is 174 Å². The van der Waals surface area contributed by atoms with E-state index in [-0.39, 0.29) is 17.5 Å². The summed E-state index contributed by atoms with van der Waals surface area (Å²) in [6.45, 7) is 13.7. The van der Waals surface area contributed by atoms with Crippen molar-refractivity contribution in [2.45, 2.75) is 52.4 Å². The molecule has 64 heavy (non-hydrogen) atoms. The molecule has 11 aromatic rings. The number of benzene rings is 8. The standard InChI is InChI=1S/C58H46BN3OS/c1-57(2,3)35-22-26-37(27-23-35)60-47-32-30-39(61-45-17-10-7-14-40(45)41-15-8-11-18-46(41)61)34-44(47)59-53-48(60)19-13-20-49(53)62(38-28-24-36(25-29-38)58(4,5)6)54-43-31-33-51-52(55(43)64-56(54)59)42-16-9-12-21-50(42)63-51/h7-34H,1-6H3. The summed E-state index contributed by atoms with van der Waals surface area (Å²) in [5.74, 6) is 0. The van der Waals surface area contributed by atoms with Gasteiger partial charge in [0.1, 0.15) is 11.2 Å². The molecule has 0 bridgehead atoms. The lowest BCUT2D eigenvalue weighted by Crippen LogP contribution is -2.60. The van der Waals surface area contributed by atoms with Crippen LogP contribution in [0.1, 0.15) is 52.7 Å². The van der Waals surface area contributed by atoms with Crippen molar-refractivity contribution in [3.05, 3.63) is 181 Å². The van der Waals surface area contributed by atoms with E-state index in [9.17, 15) is 0 Å². The summed E-state index contributed by atoms with van der Waals surface area (Å²) in [7, 11) is 0. The van der Waals surface area contributed by atoms with Gasteiger partial charge in [-0.05, 0) is 118 Å². The Hall–Kier alpha value is -7.02. The number of para-hydroxylation sites is 3. The highest BCUT2D eigenvalue weighted by Crippen LogP contribution is 2.50. The number of hydrogen-bond donors (Lipinski definition) is 0. The first-order valence-electron chi connectivity index (χ1n) is 22.5. The predicted octanol–water partition coefficient (Wildman–Crippen LogP) is 14.6. The molecular weight excluding hydrogens is 798 g/mol. The molecule has 2 aliphatic rings. The van der Waals surface area contributed by atoms with Crippen molar-refractivity contribution in [1.82, 2.24) is 4.57 Å². The summed E-state index contributed by atoms with van der Waals surface area (Å²) in [6.07, 6.45) is 0. The summed E-state index contributed by atoms with van der Waals surface area (Å²) in [5, 5.41) is 6.12. The van der Waals surface area contributed by atoms with Gasteiger partial charge in [-0.1, -0.05) is 126 Å². The first-order chi connectivity index (χ1) is 31.0. The largest absolute Gasteiger partial charge is 0.456 e. The lowest BCUT2D eigenvalue weighted by Gasteiger charge is -2.43. The van der Waals surface area contributed by atoms with Crippen LogP contribution in [0, 0.1) is 0 Å². The van der Waals surface area contributed by atoms with Crippen LogP contribution < -0.4 is 25.5 Å². The Labute approximate surface area is 377 Å². The Morgan fingerprint density at radius 3 is 1.67 bits per heavy atom. The van der Waals surface area contributed by atoms with Gasteiger partial charge in [-0.3, -0.25) is 0 Å². The number of nitrogens with zero attached hydrogens (tertiary/aromatic N) is 3. The summed E-state index contributed by atoms with van der Waals surface area (Å²) < 4.78 is 11.6. The molecule has 0 fully saturated rings. The third-order valence-corrected chi connectivity index (χ3v) is 15.2. The third kappa shape index (κ3) is 5.29. The fraction of sp³-hybridized carbons (Fsp3) is 0.138. The van der Waals surface area contributed by atoms with Crippen molar-refractivity contribution in [3.63, 3.8) is 0 Å². The lowest BCUT2D eigenvalue weighted by molar-refractivity contribution is 0.590. The van der Waals surface area contributed by atoms with Gasteiger partial charge in [0, 0.05) is 70.5 Å².